The first kappa shape index (κ1) is 20.7. The summed E-state index contributed by atoms with van der Waals surface area (Å²) in [7, 11) is 1.91. The monoisotopic (exact) mass is 402 g/mol. The van der Waals surface area contributed by atoms with Gasteiger partial charge in [-0.25, -0.2) is 0 Å². The first-order chi connectivity index (χ1) is 13.4. The van der Waals surface area contributed by atoms with E-state index in [-0.39, 0.29) is 5.91 Å². The molecule has 6 nitrogen and oxygen atoms in total. The summed E-state index contributed by atoms with van der Waals surface area (Å²) in [6.07, 6.45) is 4.76. The van der Waals surface area contributed by atoms with E-state index >= 15 is 0 Å². The predicted octanol–water partition coefficient (Wildman–Crippen LogP) is 3.80. The topological polar surface area (TPSA) is 69.0 Å². The normalized spacial score (nSPS) is 19.4. The van der Waals surface area contributed by atoms with Crippen molar-refractivity contribution in [2.24, 2.45) is 13.0 Å². The van der Waals surface area contributed by atoms with Crippen molar-refractivity contribution in [1.82, 2.24) is 20.1 Å². The summed E-state index contributed by atoms with van der Waals surface area (Å²) in [5.74, 6) is 2.58. The average molecular weight is 403 g/mol. The van der Waals surface area contributed by atoms with E-state index in [4.69, 9.17) is 4.74 Å². The molecule has 1 aliphatic carbocycles. The minimum atomic E-state index is 0.0693. The molecule has 152 valence electrons. The molecule has 0 spiro atoms. The largest absolute Gasteiger partial charge is 0.485 e. The maximum absolute atomic E-state index is 12.3. The highest BCUT2D eigenvalue weighted by Crippen LogP contribution is 2.24. The lowest BCUT2D eigenvalue weighted by Crippen LogP contribution is -2.41. The van der Waals surface area contributed by atoms with Crippen LogP contribution in [0.25, 0.3) is 0 Å². The van der Waals surface area contributed by atoms with Crippen LogP contribution in [0.4, 0.5) is 0 Å². The summed E-state index contributed by atoms with van der Waals surface area (Å²) >= 11 is 1.41. The molecule has 0 unspecified atom stereocenters. The Morgan fingerprint density at radius 1 is 1.29 bits per heavy atom. The molecule has 7 heteroatoms. The fraction of sp³-hybridized carbons (Fsp3) is 0.571. The van der Waals surface area contributed by atoms with Crippen LogP contribution in [0.5, 0.6) is 5.75 Å². The molecule has 1 aromatic heterocycles. The molecule has 0 saturated heterocycles. The van der Waals surface area contributed by atoms with E-state index in [9.17, 15) is 4.79 Å². The number of nitrogens with one attached hydrogen (secondary N) is 1. The van der Waals surface area contributed by atoms with Crippen molar-refractivity contribution < 1.29 is 9.53 Å². The van der Waals surface area contributed by atoms with Gasteiger partial charge in [-0.3, -0.25) is 4.79 Å². The van der Waals surface area contributed by atoms with Crippen LogP contribution in [-0.4, -0.2) is 32.5 Å². The van der Waals surface area contributed by atoms with E-state index in [0.29, 0.717) is 24.3 Å². The van der Waals surface area contributed by atoms with Crippen molar-refractivity contribution in [2.75, 3.05) is 5.75 Å². The highest BCUT2D eigenvalue weighted by molar-refractivity contribution is 7.99. The van der Waals surface area contributed by atoms with Crippen molar-refractivity contribution in [3.05, 3.63) is 35.2 Å². The van der Waals surface area contributed by atoms with E-state index < -0.39 is 0 Å². The van der Waals surface area contributed by atoms with Crippen LogP contribution in [0.1, 0.15) is 49.6 Å². The molecule has 1 heterocycles. The highest BCUT2D eigenvalue weighted by atomic mass is 32.2. The van der Waals surface area contributed by atoms with Crippen molar-refractivity contribution in [3.8, 4) is 5.75 Å². The van der Waals surface area contributed by atoms with Crippen molar-refractivity contribution in [3.63, 3.8) is 0 Å². The van der Waals surface area contributed by atoms with Gasteiger partial charge in [0, 0.05) is 13.1 Å². The van der Waals surface area contributed by atoms with E-state index in [1.54, 1.807) is 0 Å². The minimum absolute atomic E-state index is 0.0693. The molecular weight excluding hydrogens is 372 g/mol. The zero-order chi connectivity index (χ0) is 20.1. The van der Waals surface area contributed by atoms with Gasteiger partial charge in [0.15, 0.2) is 11.0 Å². The van der Waals surface area contributed by atoms with Crippen LogP contribution in [0.15, 0.2) is 23.4 Å². The number of ether oxygens (including phenoxy) is 1. The van der Waals surface area contributed by atoms with Crippen LogP contribution >= 0.6 is 11.8 Å². The van der Waals surface area contributed by atoms with Crippen LogP contribution in [0, 0.1) is 19.8 Å². The lowest BCUT2D eigenvalue weighted by molar-refractivity contribution is -0.119. The fourth-order valence-corrected chi connectivity index (χ4v) is 4.35. The van der Waals surface area contributed by atoms with Gasteiger partial charge in [0.05, 0.1) is 5.75 Å². The molecular formula is C21H30N4O2S. The third-order valence-corrected chi connectivity index (χ3v) is 6.42. The van der Waals surface area contributed by atoms with Crippen molar-refractivity contribution in [1.29, 1.82) is 0 Å². The zero-order valence-electron chi connectivity index (χ0n) is 17.2. The minimum Gasteiger partial charge on any atom is -0.485 e. The SMILES string of the molecule is Cc1ccc(OCc2nnc(SCC(=O)N[C@@H]3CCCC[C@@H]3C)n2C)c(C)c1. The van der Waals surface area contributed by atoms with Gasteiger partial charge in [-0.15, -0.1) is 10.2 Å². The molecule has 0 radical (unpaired) electrons. The molecule has 1 N–H and O–H groups in total. The number of carbonyl (C=O) groups excluding carboxylic acids is 1. The molecule has 2 aromatic rings. The van der Waals surface area contributed by atoms with Gasteiger partial charge in [0.2, 0.25) is 5.91 Å². The Morgan fingerprint density at radius 2 is 2.07 bits per heavy atom. The van der Waals surface area contributed by atoms with E-state index in [2.05, 4.69) is 35.4 Å². The lowest BCUT2D eigenvalue weighted by Gasteiger charge is -2.29. The number of aryl methyl sites for hydroxylation is 2. The average Bonchev–Trinajstić information content (AvgIpc) is 3.01. The number of hydrogen-bond donors (Lipinski definition) is 1. The summed E-state index contributed by atoms with van der Waals surface area (Å²) in [6.45, 7) is 6.67. The van der Waals surface area contributed by atoms with Gasteiger partial charge in [-0.05, 0) is 44.2 Å². The van der Waals surface area contributed by atoms with Crippen molar-refractivity contribution in [2.45, 2.75) is 64.3 Å². The molecule has 1 aromatic carbocycles. The van der Waals surface area contributed by atoms with Gasteiger partial charge < -0.3 is 14.6 Å². The number of amides is 1. The molecule has 3 rings (SSSR count). The van der Waals surface area contributed by atoms with Crippen LogP contribution < -0.4 is 10.1 Å². The van der Waals surface area contributed by atoms with Gasteiger partial charge in [-0.1, -0.05) is 49.2 Å². The number of hydrogen-bond acceptors (Lipinski definition) is 5. The fourth-order valence-electron chi connectivity index (χ4n) is 3.61. The molecule has 1 saturated carbocycles. The van der Waals surface area contributed by atoms with E-state index in [0.717, 1.165) is 28.7 Å². The Labute approximate surface area is 171 Å². The van der Waals surface area contributed by atoms with Crippen LogP contribution in [0.2, 0.25) is 0 Å². The Balaban J connectivity index is 1.50. The Bertz CT molecular complexity index is 821. The second-order valence-corrected chi connectivity index (χ2v) is 8.68. The standard InChI is InChI=1S/C21H30N4O2S/c1-14-9-10-18(16(3)11-14)27-12-19-23-24-21(25(19)4)28-13-20(26)22-17-8-6-5-7-15(17)2/h9-11,15,17H,5-8,12-13H2,1-4H3,(H,22,26)/t15-,17+/m0/s1. The number of rotatable bonds is 7. The summed E-state index contributed by atoms with van der Waals surface area (Å²) in [5.41, 5.74) is 2.31. The molecule has 1 aliphatic rings. The van der Waals surface area contributed by atoms with Crippen LogP contribution in [-0.2, 0) is 18.4 Å². The molecule has 0 aliphatic heterocycles. The highest BCUT2D eigenvalue weighted by Gasteiger charge is 2.23. The molecule has 0 bridgehead atoms. The Kier molecular flexibility index (Phi) is 6.99. The molecule has 1 fully saturated rings. The number of aromatic nitrogens is 3. The summed E-state index contributed by atoms with van der Waals surface area (Å²) in [4.78, 5) is 12.3. The van der Waals surface area contributed by atoms with Gasteiger partial charge in [-0.2, -0.15) is 0 Å². The molecule has 1 amide bonds. The second kappa shape index (κ2) is 9.45. The first-order valence-corrected chi connectivity index (χ1v) is 10.9. The predicted molar refractivity (Wildman–Crippen MR) is 112 cm³/mol. The first-order valence-electron chi connectivity index (χ1n) is 9.94. The lowest BCUT2D eigenvalue weighted by atomic mass is 9.86. The summed E-state index contributed by atoms with van der Waals surface area (Å²) < 4.78 is 7.79. The quantitative estimate of drug-likeness (QED) is 0.714. The number of thioether (sulfide) groups is 1. The number of carbonyl (C=O) groups is 1. The van der Waals surface area contributed by atoms with Crippen molar-refractivity contribution >= 4 is 17.7 Å². The third-order valence-electron chi connectivity index (χ3n) is 5.40. The Hall–Kier alpha value is -2.02. The third kappa shape index (κ3) is 5.28. The summed E-state index contributed by atoms with van der Waals surface area (Å²) in [6, 6.07) is 6.42. The Morgan fingerprint density at radius 3 is 2.82 bits per heavy atom. The van der Waals surface area contributed by atoms with Gasteiger partial charge in [0.1, 0.15) is 12.4 Å². The molecule has 2 atom stereocenters. The molecule has 28 heavy (non-hydrogen) atoms. The maximum Gasteiger partial charge on any atom is 0.230 e. The second-order valence-electron chi connectivity index (χ2n) is 7.74. The van der Waals surface area contributed by atoms with Gasteiger partial charge >= 0.3 is 0 Å². The zero-order valence-corrected chi connectivity index (χ0v) is 18.0. The summed E-state index contributed by atoms with van der Waals surface area (Å²) in [5, 5.41) is 12.3. The number of benzene rings is 1. The van der Waals surface area contributed by atoms with E-state index in [1.165, 1.54) is 36.6 Å². The maximum atomic E-state index is 12.3. The van der Waals surface area contributed by atoms with Crippen LogP contribution in [0.3, 0.4) is 0 Å². The van der Waals surface area contributed by atoms with Gasteiger partial charge in [0.25, 0.3) is 0 Å². The smallest absolute Gasteiger partial charge is 0.230 e. The van der Waals surface area contributed by atoms with E-state index in [1.807, 2.05) is 30.7 Å². The number of nitrogens with zero attached hydrogens (tertiary/aromatic N) is 3.